The van der Waals surface area contributed by atoms with Crippen molar-refractivity contribution in [2.45, 2.75) is 13.5 Å². The largest absolute Gasteiger partial charge is 0.489 e. The van der Waals surface area contributed by atoms with Crippen LogP contribution in [0, 0.1) is 0 Å². The SMILES string of the molecule is CC(=O)Oc1ccc(COc2ccc3nc4ccc(=O)cc-4oc3c2)cc1. The molecule has 6 heteroatoms. The molecule has 2 aromatic rings. The zero-order valence-electron chi connectivity index (χ0n) is 14.5. The summed E-state index contributed by atoms with van der Waals surface area (Å²) in [6, 6.07) is 17.0. The van der Waals surface area contributed by atoms with Crippen LogP contribution in [-0.4, -0.2) is 11.0 Å². The Morgan fingerprint density at radius 1 is 1.00 bits per heavy atom. The first-order valence-corrected chi connectivity index (χ1v) is 8.32. The lowest BCUT2D eigenvalue weighted by Gasteiger charge is -2.09. The first-order chi connectivity index (χ1) is 13.1. The highest BCUT2D eigenvalue weighted by atomic mass is 16.5. The minimum Gasteiger partial charge on any atom is -0.489 e. The van der Waals surface area contributed by atoms with E-state index in [2.05, 4.69) is 4.98 Å². The highest BCUT2D eigenvalue weighted by Crippen LogP contribution is 2.27. The van der Waals surface area contributed by atoms with Gasteiger partial charge in [-0.1, -0.05) is 12.1 Å². The predicted molar refractivity (Wildman–Crippen MR) is 99.0 cm³/mol. The molecule has 2 aromatic carbocycles. The molecule has 0 unspecified atom stereocenters. The molecular weight excluding hydrogens is 346 g/mol. The van der Waals surface area contributed by atoms with E-state index in [1.54, 1.807) is 24.3 Å². The molecule has 0 fully saturated rings. The Morgan fingerprint density at radius 2 is 1.78 bits per heavy atom. The van der Waals surface area contributed by atoms with E-state index >= 15 is 0 Å². The van der Waals surface area contributed by atoms with Gasteiger partial charge < -0.3 is 13.9 Å². The topological polar surface area (TPSA) is 78.6 Å². The van der Waals surface area contributed by atoms with Gasteiger partial charge in [0, 0.05) is 19.1 Å². The van der Waals surface area contributed by atoms with Crippen molar-refractivity contribution in [3.8, 4) is 23.0 Å². The van der Waals surface area contributed by atoms with Gasteiger partial charge in [-0.2, -0.15) is 0 Å². The lowest BCUT2D eigenvalue weighted by Crippen LogP contribution is -2.01. The van der Waals surface area contributed by atoms with E-state index in [9.17, 15) is 9.59 Å². The third kappa shape index (κ3) is 3.79. The van der Waals surface area contributed by atoms with E-state index < -0.39 is 0 Å². The zero-order valence-corrected chi connectivity index (χ0v) is 14.5. The van der Waals surface area contributed by atoms with Crippen molar-refractivity contribution in [1.82, 2.24) is 4.98 Å². The Morgan fingerprint density at radius 3 is 2.56 bits per heavy atom. The third-order valence-electron chi connectivity index (χ3n) is 3.91. The number of benzene rings is 3. The summed E-state index contributed by atoms with van der Waals surface area (Å²) in [7, 11) is 0. The van der Waals surface area contributed by atoms with Gasteiger partial charge in [0.25, 0.3) is 0 Å². The molecule has 2 aliphatic rings. The predicted octanol–water partition coefficient (Wildman–Crippen LogP) is 3.80. The van der Waals surface area contributed by atoms with Gasteiger partial charge in [0.15, 0.2) is 16.8 Å². The van der Waals surface area contributed by atoms with Crippen molar-refractivity contribution in [3.05, 3.63) is 76.5 Å². The maximum atomic E-state index is 11.5. The molecule has 1 aliphatic carbocycles. The summed E-state index contributed by atoms with van der Waals surface area (Å²) in [5.74, 6) is 1.19. The maximum Gasteiger partial charge on any atom is 0.308 e. The van der Waals surface area contributed by atoms with Crippen LogP contribution in [0.4, 0.5) is 0 Å². The second-order valence-corrected chi connectivity index (χ2v) is 6.00. The first-order valence-electron chi connectivity index (χ1n) is 8.32. The average Bonchev–Trinajstić information content (AvgIpc) is 2.65. The fourth-order valence-electron chi connectivity index (χ4n) is 2.66. The van der Waals surface area contributed by atoms with Gasteiger partial charge in [-0.15, -0.1) is 0 Å². The summed E-state index contributed by atoms with van der Waals surface area (Å²) >= 11 is 0. The third-order valence-corrected chi connectivity index (χ3v) is 3.91. The minimum absolute atomic E-state index is 0.128. The molecule has 27 heavy (non-hydrogen) atoms. The van der Waals surface area contributed by atoms with Gasteiger partial charge in [-0.05, 0) is 42.0 Å². The monoisotopic (exact) mass is 361 g/mol. The van der Waals surface area contributed by atoms with Crippen molar-refractivity contribution in [1.29, 1.82) is 0 Å². The van der Waals surface area contributed by atoms with E-state index in [0.717, 1.165) is 5.56 Å². The van der Waals surface area contributed by atoms with Gasteiger partial charge in [-0.3, -0.25) is 9.59 Å². The molecule has 1 heterocycles. The quantitative estimate of drug-likeness (QED) is 0.313. The Labute approximate surface area is 154 Å². The number of hydrogen-bond donors (Lipinski definition) is 0. The fraction of sp³-hybridized carbons (Fsp3) is 0.0952. The van der Waals surface area contributed by atoms with E-state index in [0.29, 0.717) is 40.7 Å². The van der Waals surface area contributed by atoms with Crippen LogP contribution in [0.5, 0.6) is 11.5 Å². The second kappa shape index (κ2) is 6.92. The second-order valence-electron chi connectivity index (χ2n) is 6.00. The molecule has 0 radical (unpaired) electrons. The van der Waals surface area contributed by atoms with Gasteiger partial charge in [0.05, 0.1) is 0 Å². The van der Waals surface area contributed by atoms with Crippen LogP contribution < -0.4 is 14.9 Å². The Balaban J connectivity index is 1.54. The number of ether oxygens (including phenoxy) is 2. The average molecular weight is 361 g/mol. The number of fused-ring (bicyclic) bond motifs is 2. The number of aromatic nitrogens is 1. The normalized spacial score (nSPS) is 10.9. The summed E-state index contributed by atoms with van der Waals surface area (Å²) in [6.45, 7) is 1.70. The van der Waals surface area contributed by atoms with Crippen LogP contribution in [0.2, 0.25) is 0 Å². The molecule has 0 spiro atoms. The molecule has 0 saturated heterocycles. The zero-order chi connectivity index (χ0) is 18.8. The van der Waals surface area contributed by atoms with Crippen molar-refractivity contribution in [3.63, 3.8) is 0 Å². The van der Waals surface area contributed by atoms with E-state index in [1.165, 1.54) is 19.1 Å². The molecule has 4 rings (SSSR count). The molecule has 0 saturated carbocycles. The molecule has 0 atom stereocenters. The van der Waals surface area contributed by atoms with Crippen molar-refractivity contribution >= 4 is 17.1 Å². The summed E-state index contributed by atoms with van der Waals surface area (Å²) < 4.78 is 16.6. The first kappa shape index (κ1) is 16.8. The number of hydrogen-bond acceptors (Lipinski definition) is 6. The van der Waals surface area contributed by atoms with E-state index in [4.69, 9.17) is 13.9 Å². The number of carbonyl (C=O) groups excluding carboxylic acids is 1. The van der Waals surface area contributed by atoms with E-state index in [-0.39, 0.29) is 11.4 Å². The molecule has 0 aromatic heterocycles. The highest BCUT2D eigenvalue weighted by Gasteiger charge is 2.10. The molecule has 134 valence electrons. The minimum atomic E-state index is -0.357. The summed E-state index contributed by atoms with van der Waals surface area (Å²) in [6.07, 6.45) is 0. The van der Waals surface area contributed by atoms with Crippen LogP contribution in [0.3, 0.4) is 0 Å². The number of esters is 1. The van der Waals surface area contributed by atoms with Crippen molar-refractivity contribution in [2.75, 3.05) is 0 Å². The Kier molecular flexibility index (Phi) is 4.30. The van der Waals surface area contributed by atoms with Crippen LogP contribution in [0.15, 0.2) is 69.9 Å². The van der Waals surface area contributed by atoms with Crippen molar-refractivity contribution < 1.29 is 18.7 Å². The van der Waals surface area contributed by atoms with Crippen LogP contribution in [0.25, 0.3) is 22.6 Å². The van der Waals surface area contributed by atoms with Gasteiger partial charge >= 0.3 is 5.97 Å². The molecule has 0 N–H and O–H groups in total. The smallest absolute Gasteiger partial charge is 0.308 e. The fourth-order valence-corrected chi connectivity index (χ4v) is 2.66. The molecule has 0 amide bonds. The highest BCUT2D eigenvalue weighted by molar-refractivity contribution is 5.77. The number of nitrogens with zero attached hydrogens (tertiary/aromatic N) is 1. The van der Waals surface area contributed by atoms with Gasteiger partial charge in [-0.25, -0.2) is 4.98 Å². The summed E-state index contributed by atoms with van der Waals surface area (Å²) in [5.41, 5.74) is 2.64. The van der Waals surface area contributed by atoms with Crippen LogP contribution >= 0.6 is 0 Å². The molecular formula is C21H15NO5. The number of rotatable bonds is 4. The number of carbonyl (C=O) groups is 1. The lowest BCUT2D eigenvalue weighted by molar-refractivity contribution is -0.131. The van der Waals surface area contributed by atoms with Gasteiger partial charge in [0.1, 0.15) is 29.3 Å². The van der Waals surface area contributed by atoms with Gasteiger partial charge in [0.2, 0.25) is 0 Å². The lowest BCUT2D eigenvalue weighted by atomic mass is 10.2. The van der Waals surface area contributed by atoms with Crippen molar-refractivity contribution in [2.24, 2.45) is 0 Å². The van der Waals surface area contributed by atoms with E-state index in [1.807, 2.05) is 24.3 Å². The Bertz CT molecular complexity index is 1150. The molecule has 0 bridgehead atoms. The molecule has 6 nitrogen and oxygen atoms in total. The van der Waals surface area contributed by atoms with Crippen LogP contribution in [-0.2, 0) is 11.4 Å². The Hall–Kier alpha value is -3.67. The van der Waals surface area contributed by atoms with Crippen LogP contribution in [0.1, 0.15) is 12.5 Å². The standard InChI is InChI=1S/C21H15NO5/c1-13(23)26-16-5-2-14(3-6-16)12-25-17-7-9-19-21(11-17)27-20-10-15(24)4-8-18(20)22-19/h2-11H,12H2,1H3. The molecule has 1 aliphatic heterocycles. The maximum absolute atomic E-state index is 11.5. The summed E-state index contributed by atoms with van der Waals surface area (Å²) in [4.78, 5) is 26.9. The summed E-state index contributed by atoms with van der Waals surface area (Å²) in [5, 5.41) is 0.